The van der Waals surface area contributed by atoms with Crippen molar-refractivity contribution in [3.63, 3.8) is 0 Å². The maximum absolute atomic E-state index is 12.1. The lowest BCUT2D eigenvalue weighted by Gasteiger charge is -2.07. The van der Waals surface area contributed by atoms with Crippen LogP contribution in [-0.4, -0.2) is 10.9 Å². The van der Waals surface area contributed by atoms with Crippen molar-refractivity contribution in [2.75, 3.05) is 5.32 Å². The van der Waals surface area contributed by atoms with E-state index in [1.54, 1.807) is 43.0 Å². The lowest BCUT2D eigenvalue weighted by molar-refractivity contribution is 0.0943. The Hall–Kier alpha value is -3.02. The lowest BCUT2D eigenvalue weighted by Crippen LogP contribution is -2.23. The first-order valence-corrected chi connectivity index (χ1v) is 6.84. The summed E-state index contributed by atoms with van der Waals surface area (Å²) in [5.41, 5.74) is 1.14. The van der Waals surface area contributed by atoms with Gasteiger partial charge in [0.15, 0.2) is 0 Å². The maximum atomic E-state index is 12.1. The summed E-state index contributed by atoms with van der Waals surface area (Å²) < 4.78 is 10.4. The summed E-state index contributed by atoms with van der Waals surface area (Å²) in [6.07, 6.45) is 4.78. The number of carbonyl (C=O) groups excluding carboxylic acids is 1. The monoisotopic (exact) mass is 297 g/mol. The largest absolute Gasteiger partial charge is 0.467 e. The lowest BCUT2D eigenvalue weighted by atomic mass is 10.3. The van der Waals surface area contributed by atoms with Crippen LogP contribution < -0.4 is 10.6 Å². The molecule has 0 aliphatic heterocycles. The van der Waals surface area contributed by atoms with Gasteiger partial charge in [-0.3, -0.25) is 9.78 Å². The number of amides is 1. The fraction of sp³-hybridized carbons (Fsp3) is 0.125. The zero-order valence-corrected chi connectivity index (χ0v) is 11.8. The zero-order chi connectivity index (χ0) is 15.2. The van der Waals surface area contributed by atoms with Gasteiger partial charge in [0, 0.05) is 11.9 Å². The summed E-state index contributed by atoms with van der Waals surface area (Å²) in [5.74, 6) is 1.26. The van der Waals surface area contributed by atoms with Gasteiger partial charge in [-0.2, -0.15) is 0 Å². The molecule has 0 unspecified atom stereocenters. The first-order valence-electron chi connectivity index (χ1n) is 6.84. The molecule has 6 nitrogen and oxygen atoms in total. The molecule has 0 saturated heterocycles. The molecule has 3 aromatic heterocycles. The number of rotatable bonds is 6. The van der Waals surface area contributed by atoms with E-state index in [9.17, 15) is 4.79 Å². The van der Waals surface area contributed by atoms with Crippen LogP contribution in [0.3, 0.4) is 0 Å². The first kappa shape index (κ1) is 13.9. The Morgan fingerprint density at radius 2 is 1.77 bits per heavy atom. The number of aromatic nitrogens is 1. The van der Waals surface area contributed by atoms with Crippen molar-refractivity contribution in [2.45, 2.75) is 13.1 Å². The third-order valence-electron chi connectivity index (χ3n) is 3.04. The molecule has 0 saturated carbocycles. The van der Waals surface area contributed by atoms with Gasteiger partial charge < -0.3 is 19.5 Å². The maximum Gasteiger partial charge on any atom is 0.270 e. The zero-order valence-electron chi connectivity index (χ0n) is 11.8. The quantitative estimate of drug-likeness (QED) is 0.731. The highest BCUT2D eigenvalue weighted by atomic mass is 16.3. The van der Waals surface area contributed by atoms with Crippen LogP contribution >= 0.6 is 0 Å². The molecule has 0 atom stereocenters. The minimum Gasteiger partial charge on any atom is -0.467 e. The summed E-state index contributed by atoms with van der Waals surface area (Å²) in [5, 5.41) is 5.94. The molecule has 0 bridgehead atoms. The number of carbonyl (C=O) groups is 1. The minimum atomic E-state index is -0.252. The van der Waals surface area contributed by atoms with Crippen molar-refractivity contribution in [1.29, 1.82) is 0 Å². The number of hydrogen-bond donors (Lipinski definition) is 2. The van der Waals surface area contributed by atoms with Crippen LogP contribution in [0.4, 0.5) is 5.69 Å². The van der Waals surface area contributed by atoms with E-state index in [2.05, 4.69) is 15.6 Å². The molecule has 0 aliphatic carbocycles. The second kappa shape index (κ2) is 6.62. The molecule has 0 spiro atoms. The van der Waals surface area contributed by atoms with Gasteiger partial charge in [0.1, 0.15) is 17.2 Å². The molecule has 3 aromatic rings. The van der Waals surface area contributed by atoms with Gasteiger partial charge in [-0.05, 0) is 36.4 Å². The number of nitrogens with one attached hydrogen (secondary N) is 2. The molecule has 0 radical (unpaired) electrons. The molecule has 3 heterocycles. The van der Waals surface area contributed by atoms with Gasteiger partial charge in [0.05, 0.1) is 25.6 Å². The Balaban J connectivity index is 1.59. The highest BCUT2D eigenvalue weighted by Crippen LogP contribution is 2.11. The van der Waals surface area contributed by atoms with Crippen LogP contribution in [0, 0.1) is 0 Å². The average molecular weight is 297 g/mol. The molecular formula is C16H15N3O3. The molecule has 0 fully saturated rings. The van der Waals surface area contributed by atoms with E-state index in [1.165, 1.54) is 0 Å². The van der Waals surface area contributed by atoms with E-state index in [-0.39, 0.29) is 5.91 Å². The van der Waals surface area contributed by atoms with E-state index in [0.29, 0.717) is 24.5 Å². The Morgan fingerprint density at radius 3 is 2.45 bits per heavy atom. The molecule has 22 heavy (non-hydrogen) atoms. The highest BCUT2D eigenvalue weighted by Gasteiger charge is 2.08. The Bertz CT molecular complexity index is 721. The summed E-state index contributed by atoms with van der Waals surface area (Å²) in [4.78, 5) is 16.1. The summed E-state index contributed by atoms with van der Waals surface area (Å²) in [7, 11) is 0. The fourth-order valence-electron chi connectivity index (χ4n) is 1.94. The minimum absolute atomic E-state index is 0.252. The Kier molecular flexibility index (Phi) is 4.20. The van der Waals surface area contributed by atoms with Crippen LogP contribution in [0.25, 0.3) is 0 Å². The van der Waals surface area contributed by atoms with Gasteiger partial charge in [0.2, 0.25) is 0 Å². The van der Waals surface area contributed by atoms with Crippen molar-refractivity contribution in [2.24, 2.45) is 0 Å². The predicted molar refractivity (Wildman–Crippen MR) is 80.1 cm³/mol. The van der Waals surface area contributed by atoms with E-state index in [0.717, 1.165) is 11.4 Å². The van der Waals surface area contributed by atoms with Crippen molar-refractivity contribution < 1.29 is 13.6 Å². The SMILES string of the molecule is O=C(NCc1ccco1)c1cc(NCc2ccco2)ccn1. The van der Waals surface area contributed by atoms with Crippen LogP contribution in [0.15, 0.2) is 64.0 Å². The smallest absolute Gasteiger partial charge is 0.270 e. The van der Waals surface area contributed by atoms with Crippen LogP contribution in [-0.2, 0) is 13.1 Å². The molecule has 0 aliphatic rings. The summed E-state index contributed by atoms with van der Waals surface area (Å²) in [6.45, 7) is 0.877. The van der Waals surface area contributed by atoms with Gasteiger partial charge in [-0.25, -0.2) is 0 Å². The van der Waals surface area contributed by atoms with E-state index in [4.69, 9.17) is 8.83 Å². The van der Waals surface area contributed by atoms with Crippen molar-refractivity contribution >= 4 is 11.6 Å². The average Bonchev–Trinajstić information content (AvgIpc) is 3.24. The predicted octanol–water partition coefficient (Wildman–Crippen LogP) is 2.81. The van der Waals surface area contributed by atoms with E-state index < -0.39 is 0 Å². The second-order valence-corrected chi connectivity index (χ2v) is 4.62. The van der Waals surface area contributed by atoms with Crippen LogP contribution in [0.1, 0.15) is 22.0 Å². The molecule has 1 amide bonds. The van der Waals surface area contributed by atoms with Crippen LogP contribution in [0.5, 0.6) is 0 Å². The van der Waals surface area contributed by atoms with E-state index in [1.807, 2.05) is 12.1 Å². The van der Waals surface area contributed by atoms with Gasteiger partial charge >= 0.3 is 0 Å². The number of anilines is 1. The Morgan fingerprint density at radius 1 is 1.05 bits per heavy atom. The van der Waals surface area contributed by atoms with Crippen molar-refractivity contribution in [1.82, 2.24) is 10.3 Å². The highest BCUT2D eigenvalue weighted by molar-refractivity contribution is 5.93. The third-order valence-corrected chi connectivity index (χ3v) is 3.04. The molecule has 6 heteroatoms. The standard InChI is InChI=1S/C16H15N3O3/c20-16(19-11-14-4-2-8-22-14)15-9-12(5-6-17-15)18-10-13-3-1-7-21-13/h1-9H,10-11H2,(H,17,18)(H,19,20). The number of furan rings is 2. The third kappa shape index (κ3) is 3.54. The Labute approximate surface area is 127 Å². The van der Waals surface area contributed by atoms with Crippen LogP contribution in [0.2, 0.25) is 0 Å². The fourth-order valence-corrected chi connectivity index (χ4v) is 1.94. The van der Waals surface area contributed by atoms with Gasteiger partial charge in [-0.1, -0.05) is 0 Å². The molecule has 112 valence electrons. The van der Waals surface area contributed by atoms with Gasteiger partial charge in [-0.15, -0.1) is 0 Å². The number of pyridine rings is 1. The summed E-state index contributed by atoms with van der Waals surface area (Å²) >= 11 is 0. The topological polar surface area (TPSA) is 80.3 Å². The normalized spacial score (nSPS) is 10.4. The molecule has 2 N–H and O–H groups in total. The second-order valence-electron chi connectivity index (χ2n) is 4.62. The van der Waals surface area contributed by atoms with Gasteiger partial charge in [0.25, 0.3) is 5.91 Å². The van der Waals surface area contributed by atoms with E-state index >= 15 is 0 Å². The number of hydrogen-bond acceptors (Lipinski definition) is 5. The molecule has 0 aromatic carbocycles. The first-order chi connectivity index (χ1) is 10.8. The van der Waals surface area contributed by atoms with Crippen molar-refractivity contribution in [3.8, 4) is 0 Å². The molecule has 3 rings (SSSR count). The van der Waals surface area contributed by atoms with Crippen molar-refractivity contribution in [3.05, 3.63) is 72.3 Å². The number of nitrogens with zero attached hydrogens (tertiary/aromatic N) is 1. The molecular weight excluding hydrogens is 282 g/mol. The summed E-state index contributed by atoms with van der Waals surface area (Å²) in [6, 6.07) is 10.8.